The zero-order chi connectivity index (χ0) is 19.7. The summed E-state index contributed by atoms with van der Waals surface area (Å²) in [5.74, 6) is 0.891. The van der Waals surface area contributed by atoms with Gasteiger partial charge in [0.25, 0.3) is 10.2 Å². The number of piperazine rings is 1. The van der Waals surface area contributed by atoms with Crippen molar-refractivity contribution in [3.8, 4) is 0 Å². The zero-order valence-electron chi connectivity index (χ0n) is 17.0. The van der Waals surface area contributed by atoms with Crippen LogP contribution in [-0.2, 0) is 16.8 Å². The van der Waals surface area contributed by atoms with Crippen molar-refractivity contribution in [1.82, 2.24) is 18.9 Å². The normalized spacial score (nSPS) is 16.2. The maximum absolute atomic E-state index is 12.8. The van der Waals surface area contributed by atoms with Crippen LogP contribution in [0.2, 0.25) is 0 Å². The molecule has 2 rings (SSSR count). The van der Waals surface area contributed by atoms with E-state index in [0.717, 1.165) is 63.2 Å². The van der Waals surface area contributed by atoms with Crippen molar-refractivity contribution in [3.63, 3.8) is 0 Å². The lowest BCUT2D eigenvalue weighted by molar-refractivity contribution is 0.312. The van der Waals surface area contributed by atoms with Gasteiger partial charge in [0.1, 0.15) is 5.82 Å². The fraction of sp³-hybridized carbons (Fsp3) is 0.737. The summed E-state index contributed by atoms with van der Waals surface area (Å²) in [6.07, 6.45) is 5.50. The molecule has 0 amide bonds. The first-order valence-corrected chi connectivity index (χ1v) is 11.5. The first-order chi connectivity index (χ1) is 13.0. The molecule has 154 valence electrons. The quantitative estimate of drug-likeness (QED) is 0.619. The van der Waals surface area contributed by atoms with E-state index < -0.39 is 10.2 Å². The van der Waals surface area contributed by atoms with Gasteiger partial charge in [-0.3, -0.25) is 0 Å². The van der Waals surface area contributed by atoms with Crippen molar-refractivity contribution in [3.05, 3.63) is 23.9 Å². The summed E-state index contributed by atoms with van der Waals surface area (Å²) in [5, 5.41) is 0. The first-order valence-electron chi connectivity index (χ1n) is 10.1. The Morgan fingerprint density at radius 2 is 1.74 bits per heavy atom. The van der Waals surface area contributed by atoms with Crippen LogP contribution in [0.1, 0.15) is 45.1 Å². The van der Waals surface area contributed by atoms with Gasteiger partial charge in [0, 0.05) is 57.6 Å². The number of pyridine rings is 1. The van der Waals surface area contributed by atoms with Crippen molar-refractivity contribution in [2.45, 2.75) is 46.1 Å². The largest absolute Gasteiger partial charge is 0.354 e. The van der Waals surface area contributed by atoms with Crippen LogP contribution in [0, 0.1) is 0 Å². The molecule has 8 heteroatoms. The van der Waals surface area contributed by atoms with Crippen molar-refractivity contribution < 1.29 is 8.42 Å². The van der Waals surface area contributed by atoms with Gasteiger partial charge in [-0.25, -0.2) is 4.98 Å². The van der Waals surface area contributed by atoms with Crippen LogP contribution in [0.25, 0.3) is 0 Å². The lowest BCUT2D eigenvalue weighted by Gasteiger charge is -2.34. The molecule has 27 heavy (non-hydrogen) atoms. The standard InChI is InChI=1S/C19H35N5O2S/c1-4-6-11-24(12-7-5-2)27(25,26)21-17-18-9-8-10-20-19(18)23-15-13-22(3)14-16-23/h8-10,21H,4-7,11-17H2,1-3H3. The molecule has 0 spiro atoms. The molecule has 1 N–H and O–H groups in total. The average Bonchev–Trinajstić information content (AvgIpc) is 2.67. The average molecular weight is 398 g/mol. The fourth-order valence-electron chi connectivity index (χ4n) is 3.15. The Morgan fingerprint density at radius 1 is 1.11 bits per heavy atom. The summed E-state index contributed by atoms with van der Waals surface area (Å²) in [4.78, 5) is 9.07. The van der Waals surface area contributed by atoms with Gasteiger partial charge in [-0.2, -0.15) is 17.4 Å². The Hall–Kier alpha value is -1.22. The van der Waals surface area contributed by atoms with Crippen LogP contribution in [0.4, 0.5) is 5.82 Å². The van der Waals surface area contributed by atoms with E-state index >= 15 is 0 Å². The van der Waals surface area contributed by atoms with E-state index in [9.17, 15) is 8.42 Å². The number of aromatic nitrogens is 1. The molecule has 2 heterocycles. The second-order valence-corrected chi connectivity index (χ2v) is 8.96. The van der Waals surface area contributed by atoms with Crippen molar-refractivity contribution in [2.75, 3.05) is 51.2 Å². The molecule has 7 nitrogen and oxygen atoms in total. The van der Waals surface area contributed by atoms with E-state index in [2.05, 4.69) is 40.4 Å². The van der Waals surface area contributed by atoms with Crippen molar-refractivity contribution in [2.24, 2.45) is 0 Å². The van der Waals surface area contributed by atoms with E-state index in [-0.39, 0.29) is 6.54 Å². The molecule has 0 bridgehead atoms. The fourth-order valence-corrected chi connectivity index (χ4v) is 4.41. The summed E-state index contributed by atoms with van der Waals surface area (Å²) in [5.41, 5.74) is 0.927. The summed E-state index contributed by atoms with van der Waals surface area (Å²) < 4.78 is 30.0. The van der Waals surface area contributed by atoms with Gasteiger partial charge in [-0.05, 0) is 26.0 Å². The minimum atomic E-state index is -3.49. The molecule has 1 aromatic rings. The van der Waals surface area contributed by atoms with E-state index in [1.54, 1.807) is 10.5 Å². The Kier molecular flexibility index (Phi) is 8.95. The zero-order valence-corrected chi connectivity index (χ0v) is 17.8. The van der Waals surface area contributed by atoms with Crippen LogP contribution in [-0.4, -0.2) is 68.9 Å². The number of anilines is 1. The minimum absolute atomic E-state index is 0.270. The third-order valence-corrected chi connectivity index (χ3v) is 6.53. The molecule has 1 saturated heterocycles. The lowest BCUT2D eigenvalue weighted by atomic mass is 10.2. The topological polar surface area (TPSA) is 68.8 Å². The molecule has 0 aromatic carbocycles. The highest BCUT2D eigenvalue weighted by molar-refractivity contribution is 7.87. The highest BCUT2D eigenvalue weighted by Crippen LogP contribution is 2.19. The monoisotopic (exact) mass is 397 g/mol. The van der Waals surface area contributed by atoms with Crippen LogP contribution >= 0.6 is 0 Å². The van der Waals surface area contributed by atoms with E-state index in [1.165, 1.54) is 0 Å². The Morgan fingerprint density at radius 3 is 2.33 bits per heavy atom. The molecule has 1 aromatic heterocycles. The lowest BCUT2D eigenvalue weighted by Crippen LogP contribution is -2.45. The van der Waals surface area contributed by atoms with E-state index in [4.69, 9.17) is 0 Å². The van der Waals surface area contributed by atoms with Gasteiger partial charge in [0.05, 0.1) is 0 Å². The third-order valence-electron chi connectivity index (χ3n) is 4.98. The molecule has 0 saturated carbocycles. The number of nitrogens with zero attached hydrogens (tertiary/aromatic N) is 4. The minimum Gasteiger partial charge on any atom is -0.354 e. The number of hydrogen-bond acceptors (Lipinski definition) is 5. The highest BCUT2D eigenvalue weighted by Gasteiger charge is 2.22. The number of rotatable bonds is 11. The van der Waals surface area contributed by atoms with Gasteiger partial charge in [-0.15, -0.1) is 0 Å². The smallest absolute Gasteiger partial charge is 0.279 e. The van der Waals surface area contributed by atoms with Gasteiger partial charge in [-0.1, -0.05) is 32.8 Å². The van der Waals surface area contributed by atoms with Crippen molar-refractivity contribution >= 4 is 16.0 Å². The Labute approximate surface area is 164 Å². The predicted octanol–water partition coefficient (Wildman–Crippen LogP) is 2.07. The second-order valence-electron chi connectivity index (χ2n) is 7.21. The number of unbranched alkanes of at least 4 members (excludes halogenated alkanes) is 2. The van der Waals surface area contributed by atoms with Crippen LogP contribution < -0.4 is 9.62 Å². The summed E-state index contributed by atoms with van der Waals surface area (Å²) in [6, 6.07) is 3.83. The molecule has 0 aliphatic carbocycles. The van der Waals surface area contributed by atoms with Crippen LogP contribution in [0.15, 0.2) is 18.3 Å². The first kappa shape index (κ1) is 22.1. The molecule has 0 unspecified atom stereocenters. The van der Waals surface area contributed by atoms with Crippen LogP contribution in [0.5, 0.6) is 0 Å². The van der Waals surface area contributed by atoms with Gasteiger partial charge < -0.3 is 9.80 Å². The van der Waals surface area contributed by atoms with E-state index in [0.29, 0.717) is 13.1 Å². The molecule has 0 atom stereocenters. The van der Waals surface area contributed by atoms with E-state index in [1.807, 2.05) is 12.1 Å². The number of likely N-dealkylation sites (N-methyl/N-ethyl adjacent to an activating group) is 1. The van der Waals surface area contributed by atoms with Gasteiger partial charge in [0.15, 0.2) is 0 Å². The molecule has 1 fully saturated rings. The van der Waals surface area contributed by atoms with Gasteiger partial charge in [0.2, 0.25) is 0 Å². The third kappa shape index (κ3) is 6.71. The van der Waals surface area contributed by atoms with Gasteiger partial charge >= 0.3 is 0 Å². The molecule has 0 radical (unpaired) electrons. The summed E-state index contributed by atoms with van der Waals surface area (Å²) in [6.45, 7) is 9.37. The molecule has 1 aliphatic heterocycles. The Balaban J connectivity index is 2.05. The summed E-state index contributed by atoms with van der Waals surface area (Å²) in [7, 11) is -1.38. The number of hydrogen-bond donors (Lipinski definition) is 1. The van der Waals surface area contributed by atoms with Crippen molar-refractivity contribution in [1.29, 1.82) is 0 Å². The molecular formula is C19H35N5O2S. The SMILES string of the molecule is CCCCN(CCCC)S(=O)(=O)NCc1cccnc1N1CCN(C)CC1. The second kappa shape index (κ2) is 10.9. The van der Waals surface area contributed by atoms with Crippen LogP contribution in [0.3, 0.4) is 0 Å². The highest BCUT2D eigenvalue weighted by atomic mass is 32.2. The predicted molar refractivity (Wildman–Crippen MR) is 111 cm³/mol. The summed E-state index contributed by atoms with van der Waals surface area (Å²) >= 11 is 0. The Bertz CT molecular complexity index is 652. The molecular weight excluding hydrogens is 362 g/mol. The molecule has 1 aliphatic rings. The maximum atomic E-state index is 12.8. The maximum Gasteiger partial charge on any atom is 0.279 e. The number of nitrogens with one attached hydrogen (secondary N) is 1.